The average molecular weight is 336 g/mol. The maximum Gasteiger partial charge on any atom is 0.253 e. The molecule has 1 aromatic heterocycles. The molecule has 0 unspecified atom stereocenters. The maximum absolute atomic E-state index is 4.71. The van der Waals surface area contributed by atoms with Crippen molar-refractivity contribution >= 4 is 11.7 Å². The molecule has 1 fully saturated rings. The molecule has 4 nitrogen and oxygen atoms in total. The van der Waals surface area contributed by atoms with Crippen LogP contribution in [0.3, 0.4) is 0 Å². The first-order chi connectivity index (χ1) is 12.3. The number of allylic oxidation sites excluding steroid dienone is 6. The summed E-state index contributed by atoms with van der Waals surface area (Å²) in [6, 6.07) is 0. The van der Waals surface area contributed by atoms with Gasteiger partial charge < -0.3 is 0 Å². The standard InChI is InChI=1S/C21H28N4/c1-17-22-20(18-13-9-5-2-3-6-10-14-18)25-21(23-17)24-19-15-11-7-4-8-12-16-19/h4,7,11-12,15-16,18H,2-3,5-6,8-10,13-14H2,1H3/b7-4-,15-11?,16-12-,24-19?. The van der Waals surface area contributed by atoms with Crippen LogP contribution >= 0.6 is 0 Å². The molecular weight excluding hydrogens is 308 g/mol. The second-order valence-corrected chi connectivity index (χ2v) is 6.90. The smallest absolute Gasteiger partial charge is 0.218 e. The maximum atomic E-state index is 4.71. The van der Waals surface area contributed by atoms with E-state index in [0.29, 0.717) is 11.9 Å². The molecule has 0 bridgehead atoms. The minimum atomic E-state index is 0.449. The molecule has 2 aliphatic rings. The van der Waals surface area contributed by atoms with Crippen molar-refractivity contribution in [2.45, 2.75) is 70.6 Å². The van der Waals surface area contributed by atoms with E-state index >= 15 is 0 Å². The van der Waals surface area contributed by atoms with Gasteiger partial charge in [-0.2, -0.15) is 9.97 Å². The first-order valence-corrected chi connectivity index (χ1v) is 9.62. The van der Waals surface area contributed by atoms with Gasteiger partial charge in [-0.15, -0.1) is 0 Å². The topological polar surface area (TPSA) is 51.0 Å². The van der Waals surface area contributed by atoms with Gasteiger partial charge in [0.1, 0.15) is 11.6 Å². The van der Waals surface area contributed by atoms with Crippen molar-refractivity contribution in [1.29, 1.82) is 0 Å². The fourth-order valence-corrected chi connectivity index (χ4v) is 3.44. The van der Waals surface area contributed by atoms with Crippen molar-refractivity contribution in [3.05, 3.63) is 48.1 Å². The van der Waals surface area contributed by atoms with Crippen LogP contribution in [0.2, 0.25) is 0 Å². The van der Waals surface area contributed by atoms with Crippen LogP contribution in [0.4, 0.5) is 5.95 Å². The lowest BCUT2D eigenvalue weighted by Gasteiger charge is -2.14. The van der Waals surface area contributed by atoms with E-state index in [4.69, 9.17) is 4.98 Å². The van der Waals surface area contributed by atoms with Gasteiger partial charge in [0.05, 0.1) is 5.71 Å². The van der Waals surface area contributed by atoms with Crippen LogP contribution in [-0.4, -0.2) is 20.7 Å². The SMILES string of the molecule is Cc1nc(N=C2C=C/C=C\C/C=C\2)nc(C2CCCCCCCC2)n1. The molecule has 25 heavy (non-hydrogen) atoms. The third kappa shape index (κ3) is 5.73. The Kier molecular flexibility index (Phi) is 6.66. The fourth-order valence-electron chi connectivity index (χ4n) is 3.44. The molecule has 1 aromatic rings. The molecule has 1 saturated carbocycles. The van der Waals surface area contributed by atoms with Crippen molar-refractivity contribution in [3.8, 4) is 0 Å². The van der Waals surface area contributed by atoms with Crippen LogP contribution in [0.25, 0.3) is 0 Å². The van der Waals surface area contributed by atoms with E-state index in [2.05, 4.69) is 27.1 Å². The predicted octanol–water partition coefficient (Wildman–Crippen LogP) is 5.54. The highest BCUT2D eigenvalue weighted by Crippen LogP contribution is 2.29. The third-order valence-corrected chi connectivity index (χ3v) is 4.78. The van der Waals surface area contributed by atoms with Gasteiger partial charge in [0.2, 0.25) is 0 Å². The lowest BCUT2D eigenvalue weighted by atomic mass is 9.96. The van der Waals surface area contributed by atoms with Crippen molar-refractivity contribution in [2.75, 3.05) is 0 Å². The fraction of sp³-hybridized carbons (Fsp3) is 0.524. The van der Waals surface area contributed by atoms with E-state index < -0.39 is 0 Å². The van der Waals surface area contributed by atoms with Crippen LogP contribution in [0.15, 0.2) is 41.4 Å². The van der Waals surface area contributed by atoms with Gasteiger partial charge in [-0.3, -0.25) is 0 Å². The Labute approximate surface area is 150 Å². The quantitative estimate of drug-likeness (QED) is 0.712. The van der Waals surface area contributed by atoms with E-state index in [1.54, 1.807) is 0 Å². The summed E-state index contributed by atoms with van der Waals surface area (Å²) < 4.78 is 0. The van der Waals surface area contributed by atoms with Gasteiger partial charge >= 0.3 is 0 Å². The molecule has 0 amide bonds. The highest BCUT2D eigenvalue weighted by atomic mass is 15.1. The van der Waals surface area contributed by atoms with Crippen molar-refractivity contribution in [1.82, 2.24) is 15.0 Å². The minimum Gasteiger partial charge on any atom is -0.218 e. The molecule has 0 N–H and O–H groups in total. The Morgan fingerprint density at radius 1 is 0.840 bits per heavy atom. The van der Waals surface area contributed by atoms with E-state index in [-0.39, 0.29) is 0 Å². The summed E-state index contributed by atoms with van der Waals surface area (Å²) in [4.78, 5) is 18.4. The van der Waals surface area contributed by atoms with Gasteiger partial charge in [0.25, 0.3) is 5.95 Å². The number of nitrogens with zero attached hydrogens (tertiary/aromatic N) is 4. The van der Waals surface area contributed by atoms with Crippen LogP contribution in [0.5, 0.6) is 0 Å². The first kappa shape index (κ1) is 17.7. The molecule has 0 radical (unpaired) electrons. The number of hydrogen-bond donors (Lipinski definition) is 0. The number of aromatic nitrogens is 3. The Balaban J connectivity index is 1.84. The molecule has 3 rings (SSSR count). The van der Waals surface area contributed by atoms with Gasteiger partial charge in [0.15, 0.2) is 0 Å². The molecule has 2 aliphatic carbocycles. The van der Waals surface area contributed by atoms with Gasteiger partial charge in [-0.25, -0.2) is 9.98 Å². The largest absolute Gasteiger partial charge is 0.253 e. The summed E-state index contributed by atoms with van der Waals surface area (Å²) in [6.07, 6.45) is 23.5. The van der Waals surface area contributed by atoms with Gasteiger partial charge in [-0.1, -0.05) is 62.8 Å². The van der Waals surface area contributed by atoms with Gasteiger partial charge in [-0.05, 0) is 38.3 Å². The van der Waals surface area contributed by atoms with Crippen LogP contribution in [0.1, 0.15) is 75.4 Å². The lowest BCUT2D eigenvalue weighted by Crippen LogP contribution is -2.08. The number of aryl methyl sites for hydroxylation is 1. The average Bonchev–Trinajstić information content (AvgIpc) is 2.70. The molecular formula is C21H28N4. The van der Waals surface area contributed by atoms with E-state index in [1.165, 1.54) is 51.4 Å². The first-order valence-electron chi connectivity index (χ1n) is 9.62. The highest BCUT2D eigenvalue weighted by Gasteiger charge is 2.17. The van der Waals surface area contributed by atoms with Crippen molar-refractivity contribution in [2.24, 2.45) is 4.99 Å². The lowest BCUT2D eigenvalue weighted by molar-refractivity contribution is 0.512. The number of aliphatic imine (C=N–C) groups is 1. The molecule has 0 atom stereocenters. The summed E-state index contributed by atoms with van der Waals surface area (Å²) >= 11 is 0. The predicted molar refractivity (Wildman–Crippen MR) is 103 cm³/mol. The normalized spacial score (nSPS) is 24.0. The van der Waals surface area contributed by atoms with Crippen LogP contribution in [-0.2, 0) is 0 Å². The summed E-state index contributed by atoms with van der Waals surface area (Å²) in [5, 5.41) is 0. The molecule has 0 spiro atoms. The second-order valence-electron chi connectivity index (χ2n) is 6.90. The molecule has 0 saturated heterocycles. The van der Waals surface area contributed by atoms with Gasteiger partial charge in [0, 0.05) is 5.92 Å². The monoisotopic (exact) mass is 336 g/mol. The van der Waals surface area contributed by atoms with E-state index in [9.17, 15) is 0 Å². The highest BCUT2D eigenvalue weighted by molar-refractivity contribution is 6.05. The number of rotatable bonds is 2. The van der Waals surface area contributed by atoms with E-state index in [1.807, 2.05) is 31.2 Å². The number of hydrogen-bond acceptors (Lipinski definition) is 4. The summed E-state index contributed by atoms with van der Waals surface area (Å²) in [7, 11) is 0. The summed E-state index contributed by atoms with van der Waals surface area (Å²) in [5.41, 5.74) is 0.885. The molecule has 1 heterocycles. The summed E-state index contributed by atoms with van der Waals surface area (Å²) in [6.45, 7) is 1.94. The third-order valence-electron chi connectivity index (χ3n) is 4.78. The summed E-state index contributed by atoms with van der Waals surface area (Å²) in [5.74, 6) is 2.69. The Morgan fingerprint density at radius 2 is 1.60 bits per heavy atom. The molecule has 0 aliphatic heterocycles. The molecule has 0 aromatic carbocycles. The zero-order chi connectivity index (χ0) is 17.3. The molecule has 4 heteroatoms. The zero-order valence-electron chi connectivity index (χ0n) is 15.2. The Bertz CT molecular complexity index is 675. The van der Waals surface area contributed by atoms with Crippen LogP contribution in [0, 0.1) is 6.92 Å². The van der Waals surface area contributed by atoms with Crippen LogP contribution < -0.4 is 0 Å². The van der Waals surface area contributed by atoms with E-state index in [0.717, 1.165) is 23.8 Å². The minimum absolute atomic E-state index is 0.449. The zero-order valence-corrected chi connectivity index (χ0v) is 15.2. The second kappa shape index (κ2) is 9.40. The molecule has 132 valence electrons. The van der Waals surface area contributed by atoms with Crippen molar-refractivity contribution < 1.29 is 0 Å². The van der Waals surface area contributed by atoms with Crippen molar-refractivity contribution in [3.63, 3.8) is 0 Å². The Morgan fingerprint density at radius 3 is 2.40 bits per heavy atom. The Hall–Kier alpha value is -2.10.